The van der Waals surface area contributed by atoms with Crippen LogP contribution in [-0.4, -0.2) is 93.3 Å². The standard InChI is InChI=1S/C31H49F3N8O2Si/c1-21(19-44-45(8,9)30(3,4)5)36-18-23-24(31(32,33)34)11-10-12-25(23)39-28-22(2)38-29(40-28)26(37-20-41(6)7)17-27(35)42-13-15-43-16-14-42/h10-12,17,20-21,35-36,39H,13-16,18-19H2,1-9H3,(H,38,40)/q-1/b26-17+,35-27?,37-20?. The van der Waals surface area contributed by atoms with Crippen molar-refractivity contribution in [3.05, 3.63) is 46.9 Å². The van der Waals surface area contributed by atoms with Gasteiger partial charge in [-0.3, -0.25) is 5.41 Å². The highest BCUT2D eigenvalue weighted by atomic mass is 28.4. The maximum Gasteiger partial charge on any atom is 0.416 e. The average Bonchev–Trinajstić information content (AvgIpc) is 3.32. The molecule has 0 spiro atoms. The minimum Gasteiger partial charge on any atom is -0.563 e. The number of alkyl halides is 3. The summed E-state index contributed by atoms with van der Waals surface area (Å²) < 4.78 is 54.2. The number of rotatable bonds is 12. The van der Waals surface area contributed by atoms with Crippen molar-refractivity contribution >= 4 is 37.7 Å². The van der Waals surface area contributed by atoms with Crippen LogP contribution < -0.4 is 10.6 Å². The van der Waals surface area contributed by atoms with Crippen molar-refractivity contribution < 1.29 is 22.3 Å². The van der Waals surface area contributed by atoms with Gasteiger partial charge in [-0.25, -0.2) is 9.98 Å². The van der Waals surface area contributed by atoms with Gasteiger partial charge in [-0.15, -0.1) is 18.1 Å². The molecule has 2 heterocycles. The molecule has 1 aromatic carbocycles. The van der Waals surface area contributed by atoms with Crippen LogP contribution in [0.3, 0.4) is 0 Å². The van der Waals surface area contributed by atoms with E-state index in [0.29, 0.717) is 61.6 Å². The van der Waals surface area contributed by atoms with Gasteiger partial charge in [-0.2, -0.15) is 13.2 Å². The van der Waals surface area contributed by atoms with Crippen molar-refractivity contribution in [1.29, 1.82) is 5.41 Å². The molecule has 0 aliphatic carbocycles. The predicted octanol–water partition coefficient (Wildman–Crippen LogP) is 6.22. The van der Waals surface area contributed by atoms with Gasteiger partial charge in [-0.05, 0) is 34.3 Å². The molecule has 0 saturated carbocycles. The highest BCUT2D eigenvalue weighted by Gasteiger charge is 2.34. The topological polar surface area (TPSA) is 114 Å². The van der Waals surface area contributed by atoms with Gasteiger partial charge in [0.2, 0.25) is 0 Å². The van der Waals surface area contributed by atoms with E-state index < -0.39 is 20.1 Å². The number of hydrogen-bond donors (Lipinski definition) is 4. The molecule has 1 fully saturated rings. The van der Waals surface area contributed by atoms with E-state index >= 15 is 0 Å². The maximum absolute atomic E-state index is 14.2. The fraction of sp³-hybridized carbons (Fsp3) is 0.581. The molecule has 10 nitrogen and oxygen atoms in total. The number of aromatic amines is 1. The number of nitrogens with zero attached hydrogens (tertiary/aromatic N) is 4. The Morgan fingerprint density at radius 3 is 2.51 bits per heavy atom. The van der Waals surface area contributed by atoms with Gasteiger partial charge < -0.3 is 34.6 Å². The molecule has 0 amide bonds. The lowest BCUT2D eigenvalue weighted by Crippen LogP contribution is -2.44. The molecule has 1 atom stereocenters. The van der Waals surface area contributed by atoms with Gasteiger partial charge in [0.15, 0.2) is 11.6 Å². The Labute approximate surface area is 266 Å². The second-order valence-corrected chi connectivity index (χ2v) is 17.9. The van der Waals surface area contributed by atoms with E-state index in [-0.39, 0.29) is 29.0 Å². The number of aryl methyl sites for hydroxylation is 1. The molecule has 1 aliphatic rings. The largest absolute Gasteiger partial charge is 0.563 e. The van der Waals surface area contributed by atoms with Gasteiger partial charge in [0.1, 0.15) is 11.5 Å². The highest BCUT2D eigenvalue weighted by Crippen LogP contribution is 2.38. The van der Waals surface area contributed by atoms with E-state index in [4.69, 9.17) is 14.6 Å². The third-order valence-electron chi connectivity index (χ3n) is 8.04. The second-order valence-electron chi connectivity index (χ2n) is 13.1. The zero-order valence-corrected chi connectivity index (χ0v) is 28.9. The Hall–Kier alpha value is -3.20. The molecule has 1 unspecified atom stereocenters. The minimum absolute atomic E-state index is 0.0225. The number of aliphatic imine (C=N–C) groups is 1. The Morgan fingerprint density at radius 2 is 1.91 bits per heavy atom. The Balaban J connectivity index is 1.89. The lowest BCUT2D eigenvalue weighted by atomic mass is 10.0. The number of morpholine rings is 1. The molecule has 0 radical (unpaired) electrons. The van der Waals surface area contributed by atoms with Gasteiger partial charge in [0.05, 0.1) is 30.8 Å². The summed E-state index contributed by atoms with van der Waals surface area (Å²) in [4.78, 5) is 16.0. The predicted molar refractivity (Wildman–Crippen MR) is 178 cm³/mol. The molecule has 251 valence electrons. The normalized spacial score (nSPS) is 15.9. The summed E-state index contributed by atoms with van der Waals surface area (Å²) in [6.07, 6.45) is -1.31. The van der Waals surface area contributed by atoms with Gasteiger partial charge in [0.25, 0.3) is 0 Å². The van der Waals surface area contributed by atoms with E-state index in [0.717, 1.165) is 6.07 Å². The lowest BCUT2D eigenvalue weighted by Gasteiger charge is -2.49. The van der Waals surface area contributed by atoms with Crippen LogP contribution in [0.5, 0.6) is 0 Å². The van der Waals surface area contributed by atoms with Crippen LogP contribution in [0.25, 0.3) is 5.70 Å². The van der Waals surface area contributed by atoms with Crippen molar-refractivity contribution in [2.45, 2.75) is 71.5 Å². The monoisotopic (exact) mass is 650 g/mol. The average molecular weight is 651 g/mol. The van der Waals surface area contributed by atoms with Gasteiger partial charge in [-0.1, -0.05) is 26.8 Å². The van der Waals surface area contributed by atoms with Crippen LogP contribution in [-0.2, 0) is 21.9 Å². The summed E-state index contributed by atoms with van der Waals surface area (Å²) in [6, 6.07) is 3.93. The SMILES string of the molecule is Cc1[nH]c(/C(=C\C(=N)N2CCOCC2)N=CN(C)C)nc1Nc1cccc(C(F)(F)F)c1CNC(C)CO[Si-](C)(C)C(C)(C)C. The molecule has 1 aromatic heterocycles. The van der Waals surface area contributed by atoms with Crippen LogP contribution in [0.4, 0.5) is 24.7 Å². The Kier molecular flexibility index (Phi) is 12.0. The minimum atomic E-state index is -4.54. The molecular formula is C31H49F3N8O2Si-. The molecule has 2 aromatic rings. The lowest BCUT2D eigenvalue weighted by molar-refractivity contribution is -0.138. The maximum atomic E-state index is 14.2. The number of benzene rings is 1. The first kappa shape index (κ1) is 36.3. The number of aromatic nitrogens is 2. The van der Waals surface area contributed by atoms with Crippen LogP contribution in [0, 0.1) is 12.3 Å². The summed E-state index contributed by atoms with van der Waals surface area (Å²) >= 11 is 0. The number of nitrogens with one attached hydrogen (secondary N) is 4. The second kappa shape index (κ2) is 14.9. The molecule has 4 N–H and O–H groups in total. The zero-order valence-electron chi connectivity index (χ0n) is 27.9. The number of hydrogen-bond acceptors (Lipinski definition) is 7. The van der Waals surface area contributed by atoms with Gasteiger partial charge >= 0.3 is 6.18 Å². The third kappa shape index (κ3) is 10.1. The number of H-pyrrole nitrogens is 1. The smallest absolute Gasteiger partial charge is 0.416 e. The fourth-order valence-electron chi connectivity index (χ4n) is 4.25. The highest BCUT2D eigenvalue weighted by molar-refractivity contribution is 6.74. The van der Waals surface area contributed by atoms with E-state index in [2.05, 4.69) is 59.5 Å². The van der Waals surface area contributed by atoms with E-state index in [9.17, 15) is 13.2 Å². The number of amidine groups is 1. The van der Waals surface area contributed by atoms with E-state index in [1.807, 2.05) is 25.9 Å². The van der Waals surface area contributed by atoms with Crippen LogP contribution in [0.1, 0.15) is 50.3 Å². The molecule has 3 rings (SSSR count). The molecule has 1 saturated heterocycles. The summed E-state index contributed by atoms with van der Waals surface area (Å²) in [5.74, 6) is 1.02. The van der Waals surface area contributed by atoms with Crippen molar-refractivity contribution in [1.82, 2.24) is 25.1 Å². The van der Waals surface area contributed by atoms with Crippen LogP contribution in [0.2, 0.25) is 18.1 Å². The number of imidazole rings is 1. The molecule has 45 heavy (non-hydrogen) atoms. The van der Waals surface area contributed by atoms with Crippen molar-refractivity contribution in [3.8, 4) is 0 Å². The molecule has 1 aliphatic heterocycles. The first-order valence-corrected chi connectivity index (χ1v) is 18.0. The summed E-state index contributed by atoms with van der Waals surface area (Å²) in [5, 5.41) is 15.0. The summed E-state index contributed by atoms with van der Waals surface area (Å²) in [6.45, 7) is 17.1. The van der Waals surface area contributed by atoms with Crippen molar-refractivity contribution in [3.63, 3.8) is 0 Å². The number of ether oxygens (including phenoxy) is 1. The van der Waals surface area contributed by atoms with Gasteiger partial charge in [0, 0.05) is 63.7 Å². The zero-order chi connectivity index (χ0) is 33.6. The first-order valence-electron chi connectivity index (χ1n) is 15.1. The molecule has 0 bridgehead atoms. The number of halogens is 3. The molecular weight excluding hydrogens is 601 g/mol. The fourth-order valence-corrected chi connectivity index (χ4v) is 5.35. The quantitative estimate of drug-likeness (QED) is 0.123. The van der Waals surface area contributed by atoms with Crippen LogP contribution >= 0.6 is 0 Å². The molecule has 14 heteroatoms. The van der Waals surface area contributed by atoms with E-state index in [1.165, 1.54) is 6.07 Å². The number of anilines is 2. The Morgan fingerprint density at radius 1 is 1.24 bits per heavy atom. The van der Waals surface area contributed by atoms with E-state index in [1.54, 1.807) is 30.3 Å². The van der Waals surface area contributed by atoms with Crippen molar-refractivity contribution in [2.75, 3.05) is 52.3 Å². The van der Waals surface area contributed by atoms with Crippen LogP contribution in [0.15, 0.2) is 29.3 Å². The third-order valence-corrected chi connectivity index (χ3v) is 12.5. The summed E-state index contributed by atoms with van der Waals surface area (Å²) in [5.41, 5.74) is 0.684. The Bertz CT molecular complexity index is 1360. The summed E-state index contributed by atoms with van der Waals surface area (Å²) in [7, 11) is 1.66. The first-order chi connectivity index (χ1) is 20.9. The van der Waals surface area contributed by atoms with Crippen molar-refractivity contribution in [2.24, 2.45) is 4.99 Å².